The van der Waals surface area contributed by atoms with Crippen molar-refractivity contribution in [2.24, 2.45) is 10.9 Å². The Hall–Kier alpha value is -4.13. The number of esters is 1. The summed E-state index contributed by atoms with van der Waals surface area (Å²) in [5.41, 5.74) is 2.01. The fourth-order valence-electron chi connectivity index (χ4n) is 4.06. The Morgan fingerprint density at radius 2 is 1.74 bits per heavy atom. The highest BCUT2D eigenvalue weighted by Gasteiger charge is 2.30. The summed E-state index contributed by atoms with van der Waals surface area (Å²) in [5, 5.41) is 15.9. The van der Waals surface area contributed by atoms with Crippen molar-refractivity contribution in [3.63, 3.8) is 0 Å². The molecule has 0 bridgehead atoms. The number of H-pyrrole nitrogens is 1. The van der Waals surface area contributed by atoms with E-state index < -0.39 is 24.0 Å². The summed E-state index contributed by atoms with van der Waals surface area (Å²) in [4.78, 5) is 33.6. The molecule has 0 aliphatic rings. The molecule has 0 fully saturated rings. The Labute approximate surface area is 197 Å². The molecule has 3 N–H and O–H groups in total. The molecule has 0 spiro atoms. The van der Waals surface area contributed by atoms with Gasteiger partial charge in [0, 0.05) is 34.4 Å². The number of carbonyl (C=O) groups excluding carboxylic acids is 2. The van der Waals surface area contributed by atoms with Crippen molar-refractivity contribution < 1.29 is 19.4 Å². The van der Waals surface area contributed by atoms with E-state index in [4.69, 9.17) is 4.74 Å². The number of ether oxygens (including phenoxy) is 1. The van der Waals surface area contributed by atoms with E-state index in [1.807, 2.05) is 68.4 Å². The van der Waals surface area contributed by atoms with Gasteiger partial charge in [-0.25, -0.2) is 4.79 Å². The van der Waals surface area contributed by atoms with Crippen LogP contribution >= 0.6 is 0 Å². The second kappa shape index (κ2) is 9.79. The zero-order chi connectivity index (χ0) is 24.2. The summed E-state index contributed by atoms with van der Waals surface area (Å²) >= 11 is 0. The first-order valence-corrected chi connectivity index (χ1v) is 11.1. The van der Waals surface area contributed by atoms with Gasteiger partial charge in [-0.2, -0.15) is 0 Å². The normalized spacial score (nSPS) is 13.4. The van der Waals surface area contributed by atoms with Crippen molar-refractivity contribution in [2.45, 2.75) is 25.9 Å². The van der Waals surface area contributed by atoms with E-state index in [1.54, 1.807) is 12.3 Å². The van der Waals surface area contributed by atoms with Crippen LogP contribution in [0.4, 0.5) is 0 Å². The molecule has 2 atom stereocenters. The molecule has 4 aromatic rings. The number of aliphatic imine (C=N–C) groups is 1. The van der Waals surface area contributed by atoms with Crippen molar-refractivity contribution in [1.82, 2.24) is 10.3 Å². The molecule has 0 radical (unpaired) electrons. The van der Waals surface area contributed by atoms with Crippen molar-refractivity contribution in [1.29, 1.82) is 0 Å². The van der Waals surface area contributed by atoms with E-state index in [0.717, 1.165) is 21.7 Å². The van der Waals surface area contributed by atoms with Crippen LogP contribution in [0.3, 0.4) is 0 Å². The van der Waals surface area contributed by atoms with Gasteiger partial charge in [-0.05, 0) is 28.8 Å². The minimum Gasteiger partial charge on any atom is -0.507 e. The first kappa shape index (κ1) is 23.0. The lowest BCUT2D eigenvalue weighted by atomic mass is 10.0. The average Bonchev–Trinajstić information content (AvgIpc) is 3.27. The number of carbonyl (C=O) groups is 2. The molecule has 0 unspecified atom stereocenters. The number of para-hydroxylation sites is 1. The quantitative estimate of drug-likeness (QED) is 0.281. The summed E-state index contributed by atoms with van der Waals surface area (Å²) in [6, 6.07) is 16.8. The summed E-state index contributed by atoms with van der Waals surface area (Å²) in [5.74, 6) is -1.06. The number of nitrogens with one attached hydrogen (secondary N) is 2. The molecule has 1 amide bonds. The fourth-order valence-corrected chi connectivity index (χ4v) is 4.06. The monoisotopic (exact) mass is 457 g/mol. The molecule has 0 saturated heterocycles. The molecule has 1 heterocycles. The molecule has 4 rings (SSSR count). The van der Waals surface area contributed by atoms with Crippen LogP contribution < -0.4 is 5.32 Å². The van der Waals surface area contributed by atoms with Crippen LogP contribution in [0.25, 0.3) is 21.7 Å². The second-order valence-corrected chi connectivity index (χ2v) is 8.44. The van der Waals surface area contributed by atoms with Crippen LogP contribution in [-0.4, -0.2) is 41.3 Å². The first-order chi connectivity index (χ1) is 16.4. The van der Waals surface area contributed by atoms with Gasteiger partial charge in [0.25, 0.3) is 0 Å². The zero-order valence-electron chi connectivity index (χ0n) is 19.3. The average molecular weight is 458 g/mol. The molecule has 174 valence electrons. The highest BCUT2D eigenvalue weighted by atomic mass is 16.5. The van der Waals surface area contributed by atoms with Gasteiger partial charge in [0.2, 0.25) is 5.91 Å². The number of nitrogens with zero attached hydrogens (tertiary/aromatic N) is 1. The Morgan fingerprint density at radius 1 is 1.03 bits per heavy atom. The van der Waals surface area contributed by atoms with Gasteiger partial charge < -0.3 is 20.1 Å². The lowest BCUT2D eigenvalue weighted by molar-refractivity contribution is -0.145. The maximum atomic E-state index is 13.3. The van der Waals surface area contributed by atoms with E-state index >= 15 is 0 Å². The van der Waals surface area contributed by atoms with Crippen LogP contribution in [0.2, 0.25) is 0 Å². The van der Waals surface area contributed by atoms with Crippen LogP contribution in [-0.2, 0) is 14.3 Å². The maximum Gasteiger partial charge on any atom is 0.333 e. The number of aromatic nitrogens is 1. The van der Waals surface area contributed by atoms with Crippen LogP contribution in [0.5, 0.6) is 5.75 Å². The molecule has 7 nitrogen and oxygen atoms in total. The molecule has 7 heteroatoms. The van der Waals surface area contributed by atoms with Gasteiger partial charge in [0.05, 0.1) is 7.11 Å². The van der Waals surface area contributed by atoms with E-state index in [1.165, 1.54) is 13.3 Å². The number of benzene rings is 3. The van der Waals surface area contributed by atoms with E-state index in [-0.39, 0.29) is 11.7 Å². The first-order valence-electron chi connectivity index (χ1n) is 11.1. The predicted molar refractivity (Wildman–Crippen MR) is 133 cm³/mol. The highest BCUT2D eigenvalue weighted by Crippen LogP contribution is 2.27. The van der Waals surface area contributed by atoms with Crippen LogP contribution in [0, 0.1) is 5.92 Å². The van der Waals surface area contributed by atoms with Gasteiger partial charge in [0.1, 0.15) is 11.8 Å². The molecular weight excluding hydrogens is 430 g/mol. The number of aromatic hydroxyl groups is 1. The molecular formula is C27H27N3O4. The minimum absolute atomic E-state index is 0.0802. The van der Waals surface area contributed by atoms with Crippen molar-refractivity contribution in [2.75, 3.05) is 7.11 Å². The smallest absolute Gasteiger partial charge is 0.333 e. The van der Waals surface area contributed by atoms with Crippen molar-refractivity contribution >= 4 is 39.8 Å². The number of rotatable bonds is 7. The zero-order valence-corrected chi connectivity index (χ0v) is 19.3. The van der Waals surface area contributed by atoms with E-state index in [0.29, 0.717) is 11.1 Å². The molecule has 34 heavy (non-hydrogen) atoms. The number of phenols is 1. The molecule has 0 aliphatic carbocycles. The molecule has 3 aromatic carbocycles. The largest absolute Gasteiger partial charge is 0.507 e. The topological polar surface area (TPSA) is 104 Å². The highest BCUT2D eigenvalue weighted by molar-refractivity contribution is 6.03. The van der Waals surface area contributed by atoms with Crippen LogP contribution in [0.1, 0.15) is 31.0 Å². The number of hydrogen-bond acceptors (Lipinski definition) is 5. The molecule has 0 aliphatic heterocycles. The van der Waals surface area contributed by atoms with E-state index in [2.05, 4.69) is 15.3 Å². The predicted octanol–water partition coefficient (Wildman–Crippen LogP) is 4.50. The Bertz CT molecular complexity index is 1370. The third-order valence-corrected chi connectivity index (χ3v) is 5.87. The number of phenolic OH excluding ortho intramolecular Hbond substituents is 1. The number of aromatic amines is 1. The van der Waals surface area contributed by atoms with Crippen molar-refractivity contribution in [3.8, 4) is 5.75 Å². The Morgan fingerprint density at radius 3 is 2.47 bits per heavy atom. The number of amides is 1. The number of methoxy groups -OCH3 is 1. The van der Waals surface area contributed by atoms with E-state index in [9.17, 15) is 14.7 Å². The maximum absolute atomic E-state index is 13.3. The van der Waals surface area contributed by atoms with Gasteiger partial charge in [-0.15, -0.1) is 0 Å². The number of fused-ring (bicyclic) bond motifs is 2. The Kier molecular flexibility index (Phi) is 6.63. The lowest BCUT2D eigenvalue weighted by Gasteiger charge is -2.21. The van der Waals surface area contributed by atoms with Gasteiger partial charge in [0.15, 0.2) is 6.04 Å². The fraction of sp³-hybridized carbons (Fsp3) is 0.222. The third kappa shape index (κ3) is 4.50. The molecule has 1 aromatic heterocycles. The standard InChI is InChI=1S/C27H27N3O4/c1-16(2)24(29-14-20-18-9-5-4-8-17(18)12-13-23(20)31)26(32)30-25(27(33)34-3)21-15-28-22-11-7-6-10-19(21)22/h4-16,24-25,28,31H,1-3H3,(H,30,32)/t24-,25-/m0/s1. The molecule has 0 saturated carbocycles. The third-order valence-electron chi connectivity index (χ3n) is 5.87. The second-order valence-electron chi connectivity index (χ2n) is 8.44. The lowest BCUT2D eigenvalue weighted by Crippen LogP contribution is -2.42. The minimum atomic E-state index is -0.990. The van der Waals surface area contributed by atoms with Crippen LogP contribution in [0.15, 0.2) is 71.9 Å². The summed E-state index contributed by atoms with van der Waals surface area (Å²) in [6.45, 7) is 3.76. The summed E-state index contributed by atoms with van der Waals surface area (Å²) in [6.07, 6.45) is 3.23. The number of hydrogen-bond donors (Lipinski definition) is 3. The summed E-state index contributed by atoms with van der Waals surface area (Å²) < 4.78 is 4.98. The van der Waals surface area contributed by atoms with Gasteiger partial charge >= 0.3 is 5.97 Å². The van der Waals surface area contributed by atoms with Crippen molar-refractivity contribution in [3.05, 3.63) is 78.0 Å². The summed E-state index contributed by atoms with van der Waals surface area (Å²) in [7, 11) is 1.29. The van der Waals surface area contributed by atoms with Gasteiger partial charge in [-0.3, -0.25) is 9.79 Å². The Balaban J connectivity index is 1.65. The van der Waals surface area contributed by atoms with Gasteiger partial charge in [-0.1, -0.05) is 62.4 Å². The SMILES string of the molecule is COC(=O)[C@@H](NC(=O)[C@@H](N=Cc1c(O)ccc2ccccc12)C(C)C)c1c[nH]c2ccccc12.